The normalized spacial score (nSPS) is 10.7. The summed E-state index contributed by atoms with van der Waals surface area (Å²) in [7, 11) is 0. The number of rotatable bonds is 5. The van der Waals surface area contributed by atoms with Gasteiger partial charge in [0.2, 0.25) is 0 Å². The summed E-state index contributed by atoms with van der Waals surface area (Å²) >= 11 is 0. The second kappa shape index (κ2) is 6.32. The van der Waals surface area contributed by atoms with Crippen molar-refractivity contribution >= 4 is 5.82 Å². The molecule has 0 saturated heterocycles. The lowest BCUT2D eigenvalue weighted by Gasteiger charge is -2.07. The van der Waals surface area contributed by atoms with Gasteiger partial charge < -0.3 is 5.32 Å². The molecule has 0 spiro atoms. The fourth-order valence-electron chi connectivity index (χ4n) is 2.04. The van der Waals surface area contributed by atoms with Gasteiger partial charge in [-0.2, -0.15) is 0 Å². The van der Waals surface area contributed by atoms with E-state index in [-0.39, 0.29) is 0 Å². The first-order valence-electron chi connectivity index (χ1n) is 6.85. The van der Waals surface area contributed by atoms with E-state index in [1.165, 1.54) is 5.56 Å². The van der Waals surface area contributed by atoms with Gasteiger partial charge in [-0.15, -0.1) is 0 Å². The zero-order chi connectivity index (χ0) is 13.7. The Bertz CT molecular complexity index is 518. The van der Waals surface area contributed by atoms with E-state index in [2.05, 4.69) is 60.3 Å². The second-order valence-electron chi connectivity index (χ2n) is 5.09. The molecule has 2 rings (SSSR count). The molecule has 3 nitrogen and oxygen atoms in total. The van der Waals surface area contributed by atoms with Gasteiger partial charge in [0.15, 0.2) is 5.82 Å². The molecule has 0 unspecified atom stereocenters. The van der Waals surface area contributed by atoms with Gasteiger partial charge in [-0.25, -0.2) is 9.97 Å². The summed E-state index contributed by atoms with van der Waals surface area (Å²) in [6.07, 6.45) is 2.90. The lowest BCUT2D eigenvalue weighted by Crippen LogP contribution is -2.01. The summed E-state index contributed by atoms with van der Waals surface area (Å²) < 4.78 is 0. The van der Waals surface area contributed by atoms with E-state index >= 15 is 0 Å². The molecular weight excluding hydrogens is 234 g/mol. The van der Waals surface area contributed by atoms with Crippen LogP contribution in [0.4, 0.5) is 5.82 Å². The van der Waals surface area contributed by atoms with Gasteiger partial charge in [-0.1, -0.05) is 38.1 Å². The summed E-state index contributed by atoms with van der Waals surface area (Å²) in [6, 6.07) is 10.4. The van der Waals surface area contributed by atoms with Crippen LogP contribution >= 0.6 is 0 Å². The quantitative estimate of drug-likeness (QED) is 0.883. The Morgan fingerprint density at radius 3 is 2.47 bits per heavy atom. The smallest absolute Gasteiger partial charge is 0.161 e. The van der Waals surface area contributed by atoms with Crippen molar-refractivity contribution in [3.63, 3.8) is 0 Å². The van der Waals surface area contributed by atoms with Crippen molar-refractivity contribution < 1.29 is 0 Å². The minimum absolute atomic E-state index is 0.680. The van der Waals surface area contributed by atoms with Crippen LogP contribution < -0.4 is 5.32 Å². The topological polar surface area (TPSA) is 37.8 Å². The summed E-state index contributed by atoms with van der Waals surface area (Å²) in [6.45, 7) is 7.39. The first-order chi connectivity index (χ1) is 9.19. The van der Waals surface area contributed by atoms with E-state index in [1.54, 1.807) is 6.20 Å². The molecule has 0 bridgehead atoms. The minimum Gasteiger partial charge on any atom is -0.370 e. The fourth-order valence-corrected chi connectivity index (χ4v) is 2.04. The van der Waals surface area contributed by atoms with Gasteiger partial charge in [0.25, 0.3) is 0 Å². The summed E-state index contributed by atoms with van der Waals surface area (Å²) in [5, 5.41) is 3.20. The molecule has 2 aromatic rings. The van der Waals surface area contributed by atoms with E-state index in [0.717, 1.165) is 30.2 Å². The third kappa shape index (κ3) is 3.78. The van der Waals surface area contributed by atoms with E-state index in [4.69, 9.17) is 0 Å². The molecule has 1 heterocycles. The average Bonchev–Trinajstić information content (AvgIpc) is 2.40. The van der Waals surface area contributed by atoms with E-state index in [9.17, 15) is 0 Å². The van der Waals surface area contributed by atoms with Gasteiger partial charge in [0.05, 0.1) is 0 Å². The Morgan fingerprint density at radius 1 is 1.11 bits per heavy atom. The third-order valence-corrected chi connectivity index (χ3v) is 2.87. The highest BCUT2D eigenvalue weighted by Gasteiger charge is 2.03. The van der Waals surface area contributed by atoms with Crippen LogP contribution in [0.3, 0.4) is 0 Å². The number of nitrogens with one attached hydrogen (secondary N) is 1. The molecule has 0 atom stereocenters. The summed E-state index contributed by atoms with van der Waals surface area (Å²) in [4.78, 5) is 8.83. The van der Waals surface area contributed by atoms with Crippen molar-refractivity contribution in [3.8, 4) is 11.4 Å². The second-order valence-corrected chi connectivity index (χ2v) is 5.09. The molecule has 1 N–H and O–H groups in total. The Balaban J connectivity index is 2.19. The van der Waals surface area contributed by atoms with Crippen LogP contribution in [0.25, 0.3) is 11.4 Å². The predicted molar refractivity (Wildman–Crippen MR) is 80.2 cm³/mol. The highest BCUT2D eigenvalue weighted by Crippen LogP contribution is 2.18. The third-order valence-electron chi connectivity index (χ3n) is 2.87. The number of hydrogen-bond acceptors (Lipinski definition) is 3. The summed E-state index contributed by atoms with van der Waals surface area (Å²) in [5.41, 5.74) is 2.42. The molecule has 0 saturated carbocycles. The predicted octanol–water partition coefficient (Wildman–Crippen LogP) is 3.77. The van der Waals surface area contributed by atoms with Crippen molar-refractivity contribution in [3.05, 3.63) is 42.1 Å². The number of anilines is 1. The lowest BCUT2D eigenvalue weighted by molar-refractivity contribution is 0.647. The molecule has 3 heteroatoms. The molecule has 0 aliphatic rings. The van der Waals surface area contributed by atoms with Crippen molar-refractivity contribution in [2.24, 2.45) is 5.92 Å². The molecular formula is C16H21N3. The van der Waals surface area contributed by atoms with Gasteiger partial charge in [-0.3, -0.25) is 0 Å². The van der Waals surface area contributed by atoms with Crippen LogP contribution in [-0.2, 0) is 6.42 Å². The monoisotopic (exact) mass is 255 g/mol. The van der Waals surface area contributed by atoms with Gasteiger partial charge >= 0.3 is 0 Å². The average molecular weight is 255 g/mol. The standard InChI is InChI=1S/C16H21N3/c1-4-17-15-9-10-18-16(19-15)14-7-5-13(6-8-14)11-12(2)3/h5-10,12H,4,11H2,1-3H3,(H,17,18,19). The molecule has 0 radical (unpaired) electrons. The van der Waals surface area contributed by atoms with Gasteiger partial charge in [0.1, 0.15) is 5.82 Å². The minimum atomic E-state index is 0.680. The first kappa shape index (κ1) is 13.5. The molecule has 0 fully saturated rings. The molecule has 19 heavy (non-hydrogen) atoms. The Hall–Kier alpha value is -1.90. The maximum Gasteiger partial charge on any atom is 0.161 e. The Morgan fingerprint density at radius 2 is 1.84 bits per heavy atom. The molecule has 100 valence electrons. The fraction of sp³-hybridized carbons (Fsp3) is 0.375. The van der Waals surface area contributed by atoms with Crippen LogP contribution in [0.5, 0.6) is 0 Å². The highest BCUT2D eigenvalue weighted by atomic mass is 15.0. The first-order valence-corrected chi connectivity index (χ1v) is 6.85. The summed E-state index contributed by atoms with van der Waals surface area (Å²) in [5.74, 6) is 2.33. The van der Waals surface area contributed by atoms with Gasteiger partial charge in [-0.05, 0) is 30.9 Å². The Labute approximate surface area is 115 Å². The van der Waals surface area contributed by atoms with Crippen molar-refractivity contribution in [2.75, 3.05) is 11.9 Å². The van der Waals surface area contributed by atoms with E-state index in [0.29, 0.717) is 5.92 Å². The molecule has 1 aromatic heterocycles. The van der Waals surface area contributed by atoms with Crippen molar-refractivity contribution in [1.82, 2.24) is 9.97 Å². The molecule has 1 aromatic carbocycles. The highest BCUT2D eigenvalue weighted by molar-refractivity contribution is 5.57. The van der Waals surface area contributed by atoms with Crippen LogP contribution in [0.2, 0.25) is 0 Å². The van der Waals surface area contributed by atoms with E-state index in [1.807, 2.05) is 6.07 Å². The Kier molecular flexibility index (Phi) is 4.50. The number of nitrogens with zero attached hydrogens (tertiary/aromatic N) is 2. The van der Waals surface area contributed by atoms with Gasteiger partial charge in [0, 0.05) is 18.3 Å². The molecule has 0 amide bonds. The van der Waals surface area contributed by atoms with Crippen LogP contribution in [0, 0.1) is 5.92 Å². The number of aromatic nitrogens is 2. The zero-order valence-electron chi connectivity index (χ0n) is 11.9. The van der Waals surface area contributed by atoms with Crippen LogP contribution in [-0.4, -0.2) is 16.5 Å². The maximum absolute atomic E-state index is 4.50. The molecule has 0 aliphatic carbocycles. The number of hydrogen-bond donors (Lipinski definition) is 1. The SMILES string of the molecule is CCNc1ccnc(-c2ccc(CC(C)C)cc2)n1. The number of benzene rings is 1. The molecule has 0 aliphatic heterocycles. The van der Waals surface area contributed by atoms with Crippen molar-refractivity contribution in [1.29, 1.82) is 0 Å². The van der Waals surface area contributed by atoms with Crippen LogP contribution in [0.1, 0.15) is 26.3 Å². The lowest BCUT2D eigenvalue weighted by atomic mass is 10.0. The van der Waals surface area contributed by atoms with E-state index < -0.39 is 0 Å². The van der Waals surface area contributed by atoms with Crippen LogP contribution in [0.15, 0.2) is 36.5 Å². The largest absolute Gasteiger partial charge is 0.370 e. The maximum atomic E-state index is 4.50. The van der Waals surface area contributed by atoms with Crippen molar-refractivity contribution in [2.45, 2.75) is 27.2 Å². The zero-order valence-corrected chi connectivity index (χ0v) is 11.9.